The van der Waals surface area contributed by atoms with Crippen LogP contribution in [-0.4, -0.2) is 25.6 Å². The minimum atomic E-state index is -0.641. The van der Waals surface area contributed by atoms with Crippen LogP contribution >= 0.6 is 0 Å². The quantitative estimate of drug-likeness (QED) is 0.783. The second-order valence-electron chi connectivity index (χ2n) is 6.35. The van der Waals surface area contributed by atoms with Crippen molar-refractivity contribution < 1.29 is 14.3 Å². The van der Waals surface area contributed by atoms with E-state index < -0.39 is 5.60 Å². The van der Waals surface area contributed by atoms with Crippen LogP contribution in [0.2, 0.25) is 0 Å². The summed E-state index contributed by atoms with van der Waals surface area (Å²) in [6.07, 6.45) is 3.73. The van der Waals surface area contributed by atoms with Gasteiger partial charge in [-0.15, -0.1) is 0 Å². The zero-order valence-corrected chi connectivity index (χ0v) is 13.8. The molecule has 21 heavy (non-hydrogen) atoms. The summed E-state index contributed by atoms with van der Waals surface area (Å²) in [7, 11) is 3.32. The molecule has 0 bridgehead atoms. The molecule has 0 N–H and O–H groups in total. The highest BCUT2D eigenvalue weighted by Gasteiger charge is 2.42. The topological polar surface area (TPSA) is 35.5 Å². The molecule has 0 unspecified atom stereocenters. The number of hydrogen-bond donors (Lipinski definition) is 0. The molecule has 3 nitrogen and oxygen atoms in total. The number of hydrogen-bond acceptors (Lipinski definition) is 3. The molecule has 0 aliphatic heterocycles. The van der Waals surface area contributed by atoms with Gasteiger partial charge in [0.25, 0.3) is 0 Å². The fourth-order valence-electron chi connectivity index (χ4n) is 3.25. The van der Waals surface area contributed by atoms with Crippen molar-refractivity contribution in [3.63, 3.8) is 0 Å². The van der Waals surface area contributed by atoms with Crippen molar-refractivity contribution in [1.82, 2.24) is 0 Å². The zero-order chi connectivity index (χ0) is 15.6. The molecule has 0 heterocycles. The largest absolute Gasteiger partial charge is 0.496 e. The number of methoxy groups -OCH3 is 2. The first-order chi connectivity index (χ1) is 9.93. The van der Waals surface area contributed by atoms with Crippen LogP contribution in [0, 0.1) is 19.8 Å². The van der Waals surface area contributed by atoms with E-state index in [1.165, 1.54) is 0 Å². The van der Waals surface area contributed by atoms with Crippen molar-refractivity contribution in [3.05, 3.63) is 28.8 Å². The minimum Gasteiger partial charge on any atom is -0.496 e. The van der Waals surface area contributed by atoms with Gasteiger partial charge < -0.3 is 9.47 Å². The molecule has 0 radical (unpaired) electrons. The highest BCUT2D eigenvalue weighted by atomic mass is 16.5. The lowest BCUT2D eigenvalue weighted by Crippen LogP contribution is -2.44. The van der Waals surface area contributed by atoms with Gasteiger partial charge in [-0.25, -0.2) is 0 Å². The highest BCUT2D eigenvalue weighted by Crippen LogP contribution is 2.38. The molecule has 1 aliphatic rings. The Labute approximate surface area is 127 Å². The number of Topliss-reactive ketones (excluding diaryl/α,β-unsaturated/α-hetero) is 1. The predicted octanol–water partition coefficient (Wildman–Crippen LogP) is 4.09. The number of ether oxygens (including phenoxy) is 2. The van der Waals surface area contributed by atoms with Gasteiger partial charge in [0, 0.05) is 12.7 Å². The summed E-state index contributed by atoms with van der Waals surface area (Å²) >= 11 is 0. The number of aryl methyl sites for hydroxylation is 2. The number of carbonyl (C=O) groups is 1. The SMILES string of the molecule is COc1cc(C)c(C(=O)C2(OC)CCC(C)CC2)cc1C. The summed E-state index contributed by atoms with van der Waals surface area (Å²) in [5.74, 6) is 1.63. The van der Waals surface area contributed by atoms with E-state index in [1.54, 1.807) is 14.2 Å². The Kier molecular flexibility index (Phi) is 4.72. The minimum absolute atomic E-state index is 0.125. The first-order valence-corrected chi connectivity index (χ1v) is 7.68. The van der Waals surface area contributed by atoms with Crippen LogP contribution in [0.3, 0.4) is 0 Å². The number of ketones is 1. The molecule has 0 atom stereocenters. The lowest BCUT2D eigenvalue weighted by Gasteiger charge is -2.37. The van der Waals surface area contributed by atoms with Crippen LogP contribution in [-0.2, 0) is 4.74 Å². The molecule has 0 saturated heterocycles. The van der Waals surface area contributed by atoms with E-state index in [9.17, 15) is 4.79 Å². The van der Waals surface area contributed by atoms with Gasteiger partial charge in [-0.05, 0) is 68.7 Å². The molecule has 1 aromatic carbocycles. The maximum atomic E-state index is 13.1. The third-order valence-electron chi connectivity index (χ3n) is 4.87. The summed E-state index contributed by atoms with van der Waals surface area (Å²) in [6, 6.07) is 3.88. The van der Waals surface area contributed by atoms with E-state index in [1.807, 2.05) is 26.0 Å². The second-order valence-corrected chi connectivity index (χ2v) is 6.35. The average Bonchev–Trinajstić information content (AvgIpc) is 2.49. The summed E-state index contributed by atoms with van der Waals surface area (Å²) < 4.78 is 11.0. The summed E-state index contributed by atoms with van der Waals surface area (Å²) in [5, 5.41) is 0. The lowest BCUT2D eigenvalue weighted by atomic mass is 9.75. The van der Waals surface area contributed by atoms with Crippen molar-refractivity contribution in [2.45, 2.75) is 52.1 Å². The molecule has 116 valence electrons. The average molecular weight is 290 g/mol. The monoisotopic (exact) mass is 290 g/mol. The maximum Gasteiger partial charge on any atom is 0.194 e. The fraction of sp³-hybridized carbons (Fsp3) is 0.611. The molecular formula is C18H26O3. The maximum absolute atomic E-state index is 13.1. The normalized spacial score (nSPS) is 25.7. The van der Waals surface area contributed by atoms with Gasteiger partial charge in [-0.3, -0.25) is 4.79 Å². The Morgan fingerprint density at radius 3 is 2.29 bits per heavy atom. The first kappa shape index (κ1) is 16.0. The fourth-order valence-corrected chi connectivity index (χ4v) is 3.25. The van der Waals surface area contributed by atoms with Gasteiger partial charge in [0.2, 0.25) is 0 Å². The summed E-state index contributed by atoms with van der Waals surface area (Å²) in [6.45, 7) is 6.17. The molecule has 1 saturated carbocycles. The molecular weight excluding hydrogens is 264 g/mol. The summed E-state index contributed by atoms with van der Waals surface area (Å²) in [4.78, 5) is 13.1. The molecule has 3 heteroatoms. The molecule has 0 spiro atoms. The van der Waals surface area contributed by atoms with E-state index >= 15 is 0 Å². The molecule has 0 amide bonds. The smallest absolute Gasteiger partial charge is 0.194 e. The van der Waals surface area contributed by atoms with Crippen molar-refractivity contribution in [2.75, 3.05) is 14.2 Å². The van der Waals surface area contributed by atoms with Crippen molar-refractivity contribution >= 4 is 5.78 Å². The van der Waals surface area contributed by atoms with E-state index in [0.29, 0.717) is 5.92 Å². The molecule has 0 aromatic heterocycles. The van der Waals surface area contributed by atoms with E-state index in [4.69, 9.17) is 9.47 Å². The number of carbonyl (C=O) groups excluding carboxylic acids is 1. The number of rotatable bonds is 4. The van der Waals surface area contributed by atoms with Crippen molar-refractivity contribution in [2.24, 2.45) is 5.92 Å². The first-order valence-electron chi connectivity index (χ1n) is 7.68. The Morgan fingerprint density at radius 1 is 1.14 bits per heavy atom. The van der Waals surface area contributed by atoms with E-state index in [2.05, 4.69) is 6.92 Å². The molecule has 2 rings (SSSR count). The Morgan fingerprint density at radius 2 is 1.76 bits per heavy atom. The predicted molar refractivity (Wildman–Crippen MR) is 84.2 cm³/mol. The zero-order valence-electron chi connectivity index (χ0n) is 13.8. The molecule has 1 fully saturated rings. The van der Waals surface area contributed by atoms with Gasteiger partial charge in [0.05, 0.1) is 7.11 Å². The van der Waals surface area contributed by atoms with Gasteiger partial charge in [0.1, 0.15) is 11.4 Å². The van der Waals surface area contributed by atoms with Crippen LogP contribution in [0.4, 0.5) is 0 Å². The Balaban J connectivity index is 2.36. The Hall–Kier alpha value is -1.35. The number of benzene rings is 1. The van der Waals surface area contributed by atoms with Crippen LogP contribution in [0.15, 0.2) is 12.1 Å². The van der Waals surface area contributed by atoms with Crippen LogP contribution < -0.4 is 4.74 Å². The lowest BCUT2D eigenvalue weighted by molar-refractivity contribution is -0.0263. The second kappa shape index (κ2) is 6.18. The van der Waals surface area contributed by atoms with Crippen LogP contribution in [0.25, 0.3) is 0 Å². The van der Waals surface area contributed by atoms with Crippen molar-refractivity contribution in [1.29, 1.82) is 0 Å². The molecule has 1 aliphatic carbocycles. The highest BCUT2D eigenvalue weighted by molar-refractivity contribution is 6.04. The third-order valence-corrected chi connectivity index (χ3v) is 4.87. The van der Waals surface area contributed by atoms with Gasteiger partial charge in [0.15, 0.2) is 5.78 Å². The Bertz CT molecular complexity index is 526. The van der Waals surface area contributed by atoms with Crippen molar-refractivity contribution in [3.8, 4) is 5.75 Å². The van der Waals surface area contributed by atoms with E-state index in [-0.39, 0.29) is 5.78 Å². The van der Waals surface area contributed by atoms with E-state index in [0.717, 1.165) is 48.1 Å². The summed E-state index contributed by atoms with van der Waals surface area (Å²) in [5.41, 5.74) is 2.07. The standard InChI is InChI=1S/C18H26O3/c1-12-6-8-18(21-5,9-7-12)17(19)15-10-14(3)16(20-4)11-13(15)2/h10-12H,6-9H2,1-5H3. The third kappa shape index (κ3) is 2.98. The van der Waals surface area contributed by atoms with Gasteiger partial charge >= 0.3 is 0 Å². The van der Waals surface area contributed by atoms with Gasteiger partial charge in [-0.2, -0.15) is 0 Å². The van der Waals surface area contributed by atoms with Crippen LogP contribution in [0.1, 0.15) is 54.1 Å². The van der Waals surface area contributed by atoms with Crippen LogP contribution in [0.5, 0.6) is 5.75 Å². The van der Waals surface area contributed by atoms with Gasteiger partial charge in [-0.1, -0.05) is 6.92 Å². The molecule has 1 aromatic rings.